The Morgan fingerprint density at radius 2 is 0.636 bits per heavy atom. The van der Waals surface area contributed by atoms with Crippen LogP contribution in [-0.4, -0.2) is 36.7 Å². The third kappa shape index (κ3) is 8.43. The van der Waals surface area contributed by atoms with E-state index in [1.807, 2.05) is 0 Å². The van der Waals surface area contributed by atoms with Crippen molar-refractivity contribution in [2.45, 2.75) is 107 Å². The Morgan fingerprint density at radius 1 is 0.409 bits per heavy atom. The zero-order chi connectivity index (χ0) is 31.9. The Bertz CT molecular complexity index is 1360. The maximum absolute atomic E-state index is 8.10. The van der Waals surface area contributed by atoms with Gasteiger partial charge >= 0.3 is 289 Å². The predicted octanol–water partition coefficient (Wildman–Crippen LogP) is 7.96. The molecule has 0 aliphatic carbocycles. The first-order valence-corrected chi connectivity index (χ1v) is 31.4. The van der Waals surface area contributed by atoms with Gasteiger partial charge in [-0.15, -0.1) is 0 Å². The predicted molar refractivity (Wildman–Crippen MR) is 201 cm³/mol. The third-order valence-electron chi connectivity index (χ3n) is 8.99. The minimum atomic E-state index is -3.89. The van der Waals surface area contributed by atoms with Crippen molar-refractivity contribution < 1.29 is 1.41 Å². The minimum absolute atomic E-state index is 1.04. The number of hydrogen-bond donors (Lipinski definition) is 0. The van der Waals surface area contributed by atoms with Crippen LogP contribution in [0.3, 0.4) is 0 Å². The van der Waals surface area contributed by atoms with Crippen molar-refractivity contribution in [3.63, 3.8) is 0 Å². The summed E-state index contributed by atoms with van der Waals surface area (Å²) in [5.41, 5.74) is 11.4. The number of halogens is 1. The van der Waals surface area contributed by atoms with Crippen LogP contribution in [0.5, 0.6) is 0 Å². The average molecular weight is 866 g/mol. The summed E-state index contributed by atoms with van der Waals surface area (Å²) in [5, 5.41) is 0. The molecule has 4 heteroatoms. The van der Waals surface area contributed by atoms with Crippen LogP contribution in [0.15, 0.2) is 72.8 Å². The quantitative estimate of drug-likeness (QED) is 0.117. The van der Waals surface area contributed by atoms with Crippen LogP contribution in [0.4, 0.5) is 0 Å². The van der Waals surface area contributed by atoms with E-state index < -0.39 is 36.7 Å². The molecule has 0 atom stereocenters. The fourth-order valence-electron chi connectivity index (χ4n) is 6.03. The first kappa shape index (κ1) is 35.8. The molecule has 4 rings (SSSR count). The molecule has 0 aromatic heterocycles. The molecule has 0 amide bonds. The van der Waals surface area contributed by atoms with E-state index in [1.165, 1.54) is 58.8 Å². The molecular formula is C40H52BrOSn2. The summed E-state index contributed by atoms with van der Waals surface area (Å²) in [5.74, 6) is 0. The summed E-state index contributed by atoms with van der Waals surface area (Å²) in [6.45, 7) is 18.3. The molecule has 4 aromatic rings. The zero-order valence-corrected chi connectivity index (χ0v) is 35.7. The van der Waals surface area contributed by atoms with Gasteiger partial charge in [0.15, 0.2) is 0 Å². The van der Waals surface area contributed by atoms with Crippen LogP contribution in [0.1, 0.15) is 99.9 Å². The van der Waals surface area contributed by atoms with Crippen molar-refractivity contribution in [2.24, 2.45) is 0 Å². The number of aryl methyl sites for hydroxylation is 8. The molecule has 4 aromatic carbocycles. The standard InChI is InChI=1S/4C10H13.BrH.O.2Sn/c4*1-3-9-6-5-7-10(4-2)8-9;;;;/h4*6-8H,3-4H2,1-2H3;1H;;;/q;;;;;;;+1/p-1. The monoisotopic (exact) mass is 867 g/mol. The van der Waals surface area contributed by atoms with Crippen LogP contribution in [-0.2, 0) is 52.8 Å². The van der Waals surface area contributed by atoms with E-state index in [0.717, 1.165) is 51.4 Å². The van der Waals surface area contributed by atoms with Crippen molar-refractivity contribution >= 4 is 63.8 Å². The van der Waals surface area contributed by atoms with Gasteiger partial charge in [-0.05, 0) is 0 Å². The van der Waals surface area contributed by atoms with Crippen LogP contribution in [0.2, 0.25) is 0 Å². The molecule has 0 aliphatic heterocycles. The topological polar surface area (TPSA) is 9.23 Å². The van der Waals surface area contributed by atoms with Crippen molar-refractivity contribution in [3.8, 4) is 0 Å². The van der Waals surface area contributed by atoms with E-state index in [2.05, 4.69) is 141 Å². The fourth-order valence-corrected chi connectivity index (χ4v) is 42.7. The Kier molecular flexibility index (Phi) is 13.5. The van der Waals surface area contributed by atoms with Crippen molar-refractivity contribution in [2.75, 3.05) is 0 Å². The Labute approximate surface area is 286 Å². The maximum atomic E-state index is 8.10. The molecule has 0 unspecified atom stereocenters. The average Bonchev–Trinajstić information content (AvgIpc) is 3.08. The normalized spacial score (nSPS) is 11.9. The van der Waals surface area contributed by atoms with Crippen LogP contribution in [0, 0.1) is 0 Å². The molecule has 0 fully saturated rings. The Morgan fingerprint density at radius 3 is 0.864 bits per heavy atom. The summed E-state index contributed by atoms with van der Waals surface area (Å²) in [4.78, 5) is 0. The molecule has 0 saturated carbocycles. The molecule has 1 nitrogen and oxygen atoms in total. The second-order valence-corrected chi connectivity index (χ2v) is 35.9. The summed E-state index contributed by atoms with van der Waals surface area (Å²) < 4.78 is 13.9. The number of hydrogen-bond acceptors (Lipinski definition) is 1. The van der Waals surface area contributed by atoms with Crippen LogP contribution in [0.25, 0.3) is 0 Å². The molecule has 0 N–H and O–H groups in total. The van der Waals surface area contributed by atoms with E-state index >= 15 is 0 Å². The van der Waals surface area contributed by atoms with Gasteiger partial charge < -0.3 is 0 Å². The Balaban J connectivity index is 2.06. The van der Waals surface area contributed by atoms with Gasteiger partial charge in [0.05, 0.1) is 0 Å². The van der Waals surface area contributed by atoms with E-state index in [0.29, 0.717) is 0 Å². The summed E-state index contributed by atoms with van der Waals surface area (Å²) in [6, 6.07) is 29.5. The number of benzene rings is 4. The van der Waals surface area contributed by atoms with Gasteiger partial charge in [0, 0.05) is 0 Å². The van der Waals surface area contributed by atoms with Crippen molar-refractivity contribution in [1.82, 2.24) is 0 Å². The molecule has 233 valence electrons. The second-order valence-electron chi connectivity index (χ2n) is 12.0. The van der Waals surface area contributed by atoms with Gasteiger partial charge in [-0.25, -0.2) is 0 Å². The molecule has 0 saturated heterocycles. The van der Waals surface area contributed by atoms with E-state index in [1.54, 1.807) is 0 Å². The molecular weight excluding hydrogens is 814 g/mol. The Hall–Kier alpha value is -1.08. The van der Waals surface area contributed by atoms with E-state index in [4.69, 9.17) is 1.41 Å². The third-order valence-corrected chi connectivity index (χ3v) is 43.6. The number of rotatable bonds is 14. The van der Waals surface area contributed by atoms with E-state index in [9.17, 15) is 0 Å². The molecule has 44 heavy (non-hydrogen) atoms. The second kappa shape index (κ2) is 16.7. The summed E-state index contributed by atoms with van der Waals surface area (Å²) >= 11 is -2.22. The first-order valence-electron chi connectivity index (χ1n) is 17.0. The molecule has 1 radical (unpaired) electrons. The van der Waals surface area contributed by atoms with Crippen LogP contribution < -0.4 is 14.3 Å². The summed E-state index contributed by atoms with van der Waals surface area (Å²) in [7, 11) is 0. The van der Waals surface area contributed by atoms with Gasteiger partial charge in [0.1, 0.15) is 0 Å². The fraction of sp³-hybridized carbons (Fsp3) is 0.400. The molecule has 0 bridgehead atoms. The molecule has 0 spiro atoms. The van der Waals surface area contributed by atoms with Gasteiger partial charge in [0.25, 0.3) is 0 Å². The van der Waals surface area contributed by atoms with Gasteiger partial charge in [-0.2, -0.15) is 0 Å². The van der Waals surface area contributed by atoms with Gasteiger partial charge in [0.2, 0.25) is 0 Å². The van der Waals surface area contributed by atoms with E-state index in [-0.39, 0.29) is 0 Å². The van der Waals surface area contributed by atoms with Crippen molar-refractivity contribution in [3.05, 3.63) is 117 Å². The zero-order valence-electron chi connectivity index (χ0n) is 28.4. The van der Waals surface area contributed by atoms with Crippen molar-refractivity contribution in [1.29, 1.82) is 0 Å². The van der Waals surface area contributed by atoms with Gasteiger partial charge in [-0.3, -0.25) is 0 Å². The molecule has 0 aliphatic rings. The summed E-state index contributed by atoms with van der Waals surface area (Å²) in [6.07, 6.45) is 8.33. The van der Waals surface area contributed by atoms with Crippen LogP contribution >= 0.6 is 12.7 Å². The van der Waals surface area contributed by atoms with Gasteiger partial charge in [-0.1, -0.05) is 0 Å². The molecule has 0 heterocycles. The first-order chi connectivity index (χ1) is 21.2. The SMILES string of the molecule is CCc1cc(CC)c[c]([Sn]([O][Sn]([Br])([c]2cc(CC)cc(CC)c2)[c]2cc(CC)cc(CC)c2)[c]2cc(CC)cc(CC)c2)c1.